The van der Waals surface area contributed by atoms with Crippen molar-refractivity contribution < 1.29 is 18.3 Å². The highest BCUT2D eigenvalue weighted by atomic mass is 35.5. The van der Waals surface area contributed by atoms with Gasteiger partial charge in [0.2, 0.25) is 11.8 Å². The maximum atomic E-state index is 6.13. The normalized spacial score (nSPS) is 11.3. The van der Waals surface area contributed by atoms with Crippen LogP contribution < -0.4 is 9.26 Å². The van der Waals surface area contributed by atoms with Crippen LogP contribution in [0.2, 0.25) is 5.02 Å². The molecule has 1 aromatic heterocycles. The molecule has 0 atom stereocenters. The van der Waals surface area contributed by atoms with Crippen LogP contribution in [0.1, 0.15) is 19.4 Å². The summed E-state index contributed by atoms with van der Waals surface area (Å²) in [6.07, 6.45) is 0. The summed E-state index contributed by atoms with van der Waals surface area (Å²) in [7, 11) is 0. The molecule has 0 amide bonds. The fourth-order valence-corrected chi connectivity index (χ4v) is 4.04. The Bertz CT molecular complexity index is 700. The van der Waals surface area contributed by atoms with E-state index in [4.69, 9.17) is 41.7 Å². The summed E-state index contributed by atoms with van der Waals surface area (Å²) in [6.45, 7) is 3.43. The summed E-state index contributed by atoms with van der Waals surface area (Å²) in [6, 6.07) is 8.69. The number of hydrogen-bond acceptors (Lipinski definition) is 7. The number of halogens is 1. The molecule has 6 nitrogen and oxygen atoms in total. The van der Waals surface area contributed by atoms with Crippen molar-refractivity contribution in [2.45, 2.75) is 20.8 Å². The van der Waals surface area contributed by atoms with E-state index < -0.39 is 6.72 Å². The number of ether oxygens (including phenoxy) is 1. The van der Waals surface area contributed by atoms with Crippen molar-refractivity contribution in [2.75, 3.05) is 13.2 Å². The van der Waals surface area contributed by atoms with Crippen LogP contribution in [0.5, 0.6) is 17.5 Å². The van der Waals surface area contributed by atoms with E-state index in [1.54, 1.807) is 18.2 Å². The Balaban J connectivity index is 2.12. The minimum absolute atomic E-state index is 0.212. The predicted octanol–water partition coefficient (Wildman–Crippen LogP) is 4.91. The molecule has 1 aromatic carbocycles. The van der Waals surface area contributed by atoms with Gasteiger partial charge in [0, 0.05) is 23.9 Å². The minimum Gasteiger partial charge on any atom is -0.436 e. The van der Waals surface area contributed by atoms with E-state index >= 15 is 0 Å². The third-order valence-corrected chi connectivity index (χ3v) is 5.48. The molecule has 2 aromatic rings. The highest BCUT2D eigenvalue weighted by Gasteiger charge is 2.22. The number of aryl methyl sites for hydroxylation is 1. The van der Waals surface area contributed by atoms with E-state index in [0.29, 0.717) is 29.9 Å². The van der Waals surface area contributed by atoms with Crippen molar-refractivity contribution in [3.05, 3.63) is 40.9 Å². The summed E-state index contributed by atoms with van der Waals surface area (Å²) in [5, 5.41) is 8.41. The van der Waals surface area contributed by atoms with Gasteiger partial charge in [-0.3, -0.25) is 9.05 Å². The maximum absolute atomic E-state index is 6.13. The molecule has 0 aliphatic rings. The molecule has 9 heteroatoms. The molecule has 0 N–H and O–H groups in total. The summed E-state index contributed by atoms with van der Waals surface area (Å²) in [4.78, 5) is 0. The molecule has 0 fully saturated rings. The second-order valence-electron chi connectivity index (χ2n) is 4.57. The quantitative estimate of drug-likeness (QED) is 0.595. The largest absolute Gasteiger partial charge is 0.436 e. The van der Waals surface area contributed by atoms with Crippen molar-refractivity contribution in [1.82, 2.24) is 10.2 Å². The standard InChI is InChI=1S/C15H18ClN2O4PS/c1-4-19-23(24,20-5-2)22-14-10-9-13(17-18-14)21-15-11(3)7-6-8-12(15)16/h6-10H,4-5H2,1-3H3. The van der Waals surface area contributed by atoms with Gasteiger partial charge in [-0.1, -0.05) is 23.7 Å². The fraction of sp³-hybridized carbons (Fsp3) is 0.333. The Morgan fingerprint density at radius 3 is 2.21 bits per heavy atom. The topological polar surface area (TPSA) is 62.7 Å². The molecule has 0 aliphatic heterocycles. The second-order valence-corrected chi connectivity index (χ2v) is 7.91. The van der Waals surface area contributed by atoms with Crippen LogP contribution >= 0.6 is 18.3 Å². The first-order valence-electron chi connectivity index (χ1n) is 7.33. The molecule has 0 bridgehead atoms. The Labute approximate surface area is 151 Å². The molecule has 130 valence electrons. The molecule has 0 spiro atoms. The molecule has 24 heavy (non-hydrogen) atoms. The van der Waals surface area contributed by atoms with Gasteiger partial charge in [-0.2, -0.15) is 0 Å². The molecule has 0 saturated carbocycles. The number of hydrogen-bond donors (Lipinski definition) is 0. The number of benzene rings is 1. The van der Waals surface area contributed by atoms with Gasteiger partial charge >= 0.3 is 6.72 Å². The zero-order valence-electron chi connectivity index (χ0n) is 13.6. The number of aromatic nitrogens is 2. The van der Waals surface area contributed by atoms with E-state index in [9.17, 15) is 0 Å². The summed E-state index contributed by atoms with van der Waals surface area (Å²) in [5.41, 5.74) is 0.896. The van der Waals surface area contributed by atoms with Gasteiger partial charge in [-0.25, -0.2) is 0 Å². The van der Waals surface area contributed by atoms with E-state index in [0.717, 1.165) is 5.56 Å². The van der Waals surface area contributed by atoms with Crippen molar-refractivity contribution in [3.8, 4) is 17.5 Å². The molecule has 0 aliphatic carbocycles. The van der Waals surface area contributed by atoms with Gasteiger partial charge in [0.1, 0.15) is 0 Å². The first kappa shape index (κ1) is 19.1. The summed E-state index contributed by atoms with van der Waals surface area (Å²) >= 11 is 11.4. The van der Waals surface area contributed by atoms with Crippen molar-refractivity contribution in [2.24, 2.45) is 0 Å². The van der Waals surface area contributed by atoms with Crippen molar-refractivity contribution in [3.63, 3.8) is 0 Å². The lowest BCUT2D eigenvalue weighted by atomic mass is 10.2. The average Bonchev–Trinajstić information content (AvgIpc) is 2.53. The lowest BCUT2D eigenvalue weighted by Gasteiger charge is -2.20. The van der Waals surface area contributed by atoms with E-state index in [1.807, 2.05) is 32.9 Å². The molecular formula is C15H18ClN2O4PS. The average molecular weight is 389 g/mol. The predicted molar refractivity (Wildman–Crippen MR) is 96.5 cm³/mol. The van der Waals surface area contributed by atoms with Crippen LogP contribution in [0.3, 0.4) is 0 Å². The molecule has 2 rings (SSSR count). The SMILES string of the molecule is CCOP(=S)(OCC)Oc1ccc(Oc2c(C)cccc2Cl)nn1. The highest BCUT2D eigenvalue weighted by Crippen LogP contribution is 2.49. The van der Waals surface area contributed by atoms with Crippen molar-refractivity contribution in [1.29, 1.82) is 0 Å². The Morgan fingerprint density at radius 2 is 1.67 bits per heavy atom. The van der Waals surface area contributed by atoms with Gasteiger partial charge in [0.25, 0.3) is 0 Å². The first-order chi connectivity index (χ1) is 11.5. The lowest BCUT2D eigenvalue weighted by Crippen LogP contribution is -2.03. The van der Waals surface area contributed by atoms with E-state index in [2.05, 4.69) is 10.2 Å². The maximum Gasteiger partial charge on any atom is 0.381 e. The lowest BCUT2D eigenvalue weighted by molar-refractivity contribution is 0.215. The van der Waals surface area contributed by atoms with Crippen LogP contribution in [0.15, 0.2) is 30.3 Å². The Hall–Kier alpha value is -1.24. The molecule has 0 radical (unpaired) electrons. The van der Waals surface area contributed by atoms with Gasteiger partial charge in [0.15, 0.2) is 5.75 Å². The Morgan fingerprint density at radius 1 is 1.04 bits per heavy atom. The molecule has 1 heterocycles. The van der Waals surface area contributed by atoms with Gasteiger partial charge in [0.05, 0.1) is 18.2 Å². The number of rotatable bonds is 8. The van der Waals surface area contributed by atoms with Crippen LogP contribution in [-0.4, -0.2) is 23.4 Å². The zero-order valence-corrected chi connectivity index (χ0v) is 16.0. The summed E-state index contributed by atoms with van der Waals surface area (Å²) < 4.78 is 22.0. The van der Waals surface area contributed by atoms with Gasteiger partial charge < -0.3 is 9.26 Å². The molecule has 0 unspecified atom stereocenters. The summed E-state index contributed by atoms with van der Waals surface area (Å²) in [5.74, 6) is 1.04. The molecular weight excluding hydrogens is 371 g/mol. The van der Waals surface area contributed by atoms with Crippen LogP contribution in [0.4, 0.5) is 0 Å². The monoisotopic (exact) mass is 388 g/mol. The fourth-order valence-electron chi connectivity index (χ4n) is 1.78. The van der Waals surface area contributed by atoms with Gasteiger partial charge in [-0.05, 0) is 32.4 Å². The van der Waals surface area contributed by atoms with E-state index in [-0.39, 0.29) is 5.88 Å². The molecule has 0 saturated heterocycles. The minimum atomic E-state index is -2.87. The smallest absolute Gasteiger partial charge is 0.381 e. The van der Waals surface area contributed by atoms with Crippen LogP contribution in [-0.2, 0) is 20.9 Å². The van der Waals surface area contributed by atoms with Crippen LogP contribution in [0, 0.1) is 6.92 Å². The van der Waals surface area contributed by atoms with Crippen LogP contribution in [0.25, 0.3) is 0 Å². The Kier molecular flexibility index (Phi) is 6.95. The number of para-hydroxylation sites is 1. The van der Waals surface area contributed by atoms with Crippen molar-refractivity contribution >= 4 is 30.1 Å². The third-order valence-electron chi connectivity index (χ3n) is 2.77. The zero-order chi connectivity index (χ0) is 17.6. The highest BCUT2D eigenvalue weighted by molar-refractivity contribution is 8.07. The van der Waals surface area contributed by atoms with Gasteiger partial charge in [-0.15, -0.1) is 10.2 Å². The first-order valence-corrected chi connectivity index (χ1v) is 10.3. The second kappa shape index (κ2) is 8.74. The van der Waals surface area contributed by atoms with E-state index in [1.165, 1.54) is 0 Å². The third kappa shape index (κ3) is 5.13. The number of nitrogens with zero attached hydrogens (tertiary/aromatic N) is 2.